The van der Waals surface area contributed by atoms with E-state index in [1.165, 1.54) is 13.2 Å². The summed E-state index contributed by atoms with van der Waals surface area (Å²) < 4.78 is 31.8. The molecule has 1 aromatic rings. The van der Waals surface area contributed by atoms with E-state index >= 15 is 0 Å². The maximum atomic E-state index is 12.2. The molecule has 1 unspecified atom stereocenters. The van der Waals surface area contributed by atoms with E-state index in [0.29, 0.717) is 6.54 Å². The van der Waals surface area contributed by atoms with Crippen molar-refractivity contribution in [1.82, 2.24) is 10.0 Å². The average molecular weight is 317 g/mol. The molecule has 118 valence electrons. The van der Waals surface area contributed by atoms with Gasteiger partial charge in [0.2, 0.25) is 10.0 Å². The van der Waals surface area contributed by atoms with E-state index in [2.05, 4.69) is 10.0 Å². The van der Waals surface area contributed by atoms with Gasteiger partial charge in [0.25, 0.3) is 5.69 Å². The Kier molecular flexibility index (Phi) is 6.06. The first kappa shape index (κ1) is 17.3. The van der Waals surface area contributed by atoms with Crippen molar-refractivity contribution >= 4 is 15.7 Å². The molecule has 2 N–H and O–H groups in total. The molecule has 0 heterocycles. The molecule has 1 atom stereocenters. The van der Waals surface area contributed by atoms with Crippen LogP contribution in [-0.4, -0.2) is 40.6 Å². The second-order valence-electron chi connectivity index (χ2n) is 4.61. The molecule has 21 heavy (non-hydrogen) atoms. The number of ether oxygens (including phenoxy) is 1. The molecule has 0 saturated heterocycles. The summed E-state index contributed by atoms with van der Waals surface area (Å²) >= 11 is 0. The van der Waals surface area contributed by atoms with Crippen LogP contribution in [0.2, 0.25) is 0 Å². The fourth-order valence-electron chi connectivity index (χ4n) is 1.74. The minimum Gasteiger partial charge on any atom is -0.495 e. The van der Waals surface area contributed by atoms with Crippen LogP contribution >= 0.6 is 0 Å². The molecule has 8 nitrogen and oxygen atoms in total. The lowest BCUT2D eigenvalue weighted by Crippen LogP contribution is -2.32. The van der Waals surface area contributed by atoms with Crippen molar-refractivity contribution < 1.29 is 18.1 Å². The lowest BCUT2D eigenvalue weighted by molar-refractivity contribution is -0.385. The number of nitrogens with zero attached hydrogens (tertiary/aromatic N) is 1. The van der Waals surface area contributed by atoms with Crippen molar-refractivity contribution in [2.75, 3.05) is 27.2 Å². The van der Waals surface area contributed by atoms with E-state index in [1.807, 2.05) is 6.92 Å². The molecule has 0 radical (unpaired) electrons. The van der Waals surface area contributed by atoms with Gasteiger partial charge in [-0.2, -0.15) is 0 Å². The van der Waals surface area contributed by atoms with Crippen LogP contribution in [0, 0.1) is 16.0 Å². The highest BCUT2D eigenvalue weighted by atomic mass is 32.2. The summed E-state index contributed by atoms with van der Waals surface area (Å²) in [5, 5.41) is 13.6. The third kappa shape index (κ3) is 4.66. The number of nitro benzene ring substituents is 1. The molecule has 0 amide bonds. The average Bonchev–Trinajstić information content (AvgIpc) is 2.44. The first-order valence-electron chi connectivity index (χ1n) is 6.28. The van der Waals surface area contributed by atoms with Crippen LogP contribution in [0.4, 0.5) is 5.69 Å². The fraction of sp³-hybridized carbons (Fsp3) is 0.500. The molecule has 0 bridgehead atoms. The van der Waals surface area contributed by atoms with Crippen molar-refractivity contribution in [1.29, 1.82) is 0 Å². The molecular weight excluding hydrogens is 298 g/mol. The molecule has 0 spiro atoms. The Labute approximate surface area is 123 Å². The van der Waals surface area contributed by atoms with Gasteiger partial charge in [-0.15, -0.1) is 0 Å². The zero-order valence-corrected chi connectivity index (χ0v) is 12.9. The minimum atomic E-state index is -3.78. The molecule has 0 fully saturated rings. The Morgan fingerprint density at radius 2 is 2.05 bits per heavy atom. The van der Waals surface area contributed by atoms with Crippen LogP contribution in [0.25, 0.3) is 0 Å². The number of hydrogen-bond acceptors (Lipinski definition) is 6. The van der Waals surface area contributed by atoms with E-state index < -0.39 is 14.9 Å². The maximum absolute atomic E-state index is 12.2. The molecular formula is C12H19N3O5S. The number of nitrogens with one attached hydrogen (secondary N) is 2. The number of hydrogen-bond donors (Lipinski definition) is 2. The molecule has 0 aliphatic carbocycles. The Morgan fingerprint density at radius 1 is 1.38 bits per heavy atom. The van der Waals surface area contributed by atoms with Crippen molar-refractivity contribution in [3.05, 3.63) is 28.3 Å². The van der Waals surface area contributed by atoms with Gasteiger partial charge < -0.3 is 10.1 Å². The Hall–Kier alpha value is -1.71. The van der Waals surface area contributed by atoms with Gasteiger partial charge in [-0.25, -0.2) is 13.1 Å². The predicted molar refractivity (Wildman–Crippen MR) is 77.9 cm³/mol. The smallest absolute Gasteiger partial charge is 0.273 e. The van der Waals surface area contributed by atoms with Crippen LogP contribution in [0.3, 0.4) is 0 Å². The zero-order valence-electron chi connectivity index (χ0n) is 12.1. The lowest BCUT2D eigenvalue weighted by atomic mass is 10.2. The molecule has 0 aliphatic heterocycles. The second kappa shape index (κ2) is 7.34. The van der Waals surface area contributed by atoms with Crippen LogP contribution in [-0.2, 0) is 10.0 Å². The van der Waals surface area contributed by atoms with Gasteiger partial charge in [-0.3, -0.25) is 10.1 Å². The molecule has 1 rings (SSSR count). The first-order valence-corrected chi connectivity index (χ1v) is 7.76. The van der Waals surface area contributed by atoms with Crippen LogP contribution in [0.1, 0.15) is 6.92 Å². The predicted octanol–water partition coefficient (Wildman–Crippen LogP) is 0.737. The van der Waals surface area contributed by atoms with Crippen LogP contribution < -0.4 is 14.8 Å². The molecule has 1 aromatic carbocycles. The minimum absolute atomic E-state index is 0.0574. The summed E-state index contributed by atoms with van der Waals surface area (Å²) in [5.41, 5.74) is -0.227. The van der Waals surface area contributed by atoms with E-state index in [9.17, 15) is 18.5 Å². The van der Waals surface area contributed by atoms with Crippen molar-refractivity contribution in [3.63, 3.8) is 0 Å². The highest BCUT2D eigenvalue weighted by Gasteiger charge is 2.22. The SMILES string of the molecule is CNCC(C)CNS(=O)(=O)c1ccc([N+](=O)[O-])cc1OC. The van der Waals surface area contributed by atoms with Crippen molar-refractivity contribution in [3.8, 4) is 5.75 Å². The van der Waals surface area contributed by atoms with E-state index in [4.69, 9.17) is 4.74 Å². The van der Waals surface area contributed by atoms with E-state index in [-0.39, 0.29) is 28.8 Å². The summed E-state index contributed by atoms with van der Waals surface area (Å²) in [6.45, 7) is 2.81. The van der Waals surface area contributed by atoms with E-state index in [0.717, 1.165) is 12.1 Å². The second-order valence-corrected chi connectivity index (χ2v) is 6.34. The lowest BCUT2D eigenvalue weighted by Gasteiger charge is -2.14. The van der Waals surface area contributed by atoms with Crippen LogP contribution in [0.15, 0.2) is 23.1 Å². The topological polar surface area (TPSA) is 111 Å². The van der Waals surface area contributed by atoms with Crippen LogP contribution in [0.5, 0.6) is 5.75 Å². The summed E-state index contributed by atoms with van der Waals surface area (Å²) in [7, 11) is -0.737. The summed E-state index contributed by atoms with van der Waals surface area (Å²) in [6, 6.07) is 3.39. The Bertz CT molecular complexity index is 603. The number of benzene rings is 1. The van der Waals surface area contributed by atoms with Crippen molar-refractivity contribution in [2.45, 2.75) is 11.8 Å². The molecule has 9 heteroatoms. The summed E-state index contributed by atoms with van der Waals surface area (Å²) in [4.78, 5) is 9.97. The molecule has 0 aliphatic rings. The molecule has 0 saturated carbocycles. The largest absolute Gasteiger partial charge is 0.495 e. The highest BCUT2D eigenvalue weighted by molar-refractivity contribution is 7.89. The first-order chi connectivity index (χ1) is 9.81. The molecule has 0 aromatic heterocycles. The number of nitro groups is 1. The highest BCUT2D eigenvalue weighted by Crippen LogP contribution is 2.28. The van der Waals surface area contributed by atoms with Gasteiger partial charge >= 0.3 is 0 Å². The quantitative estimate of drug-likeness (QED) is 0.540. The van der Waals surface area contributed by atoms with Gasteiger partial charge in [0.15, 0.2) is 0 Å². The Morgan fingerprint density at radius 3 is 2.57 bits per heavy atom. The summed E-state index contributed by atoms with van der Waals surface area (Å²) in [5.74, 6) is 0.0480. The fourth-order valence-corrected chi connectivity index (χ4v) is 3.06. The summed E-state index contributed by atoms with van der Waals surface area (Å²) in [6.07, 6.45) is 0. The number of sulfonamides is 1. The van der Waals surface area contributed by atoms with Gasteiger partial charge in [-0.05, 0) is 25.6 Å². The number of rotatable bonds is 8. The van der Waals surface area contributed by atoms with E-state index in [1.54, 1.807) is 7.05 Å². The standard InChI is InChI=1S/C12H19N3O5S/c1-9(7-13-2)8-14-21(18,19)12-5-4-10(15(16)17)6-11(12)20-3/h4-6,9,13-14H,7-8H2,1-3H3. The number of methoxy groups -OCH3 is 1. The van der Waals surface area contributed by atoms with Gasteiger partial charge in [0.1, 0.15) is 10.6 Å². The normalized spacial score (nSPS) is 12.9. The maximum Gasteiger partial charge on any atom is 0.273 e. The van der Waals surface area contributed by atoms with Gasteiger partial charge in [0, 0.05) is 12.6 Å². The monoisotopic (exact) mass is 317 g/mol. The third-order valence-corrected chi connectivity index (χ3v) is 4.28. The Balaban J connectivity index is 3.00. The third-order valence-electron chi connectivity index (χ3n) is 2.82. The number of non-ortho nitro benzene ring substituents is 1. The zero-order chi connectivity index (χ0) is 16.0. The van der Waals surface area contributed by atoms with Crippen molar-refractivity contribution in [2.24, 2.45) is 5.92 Å². The van der Waals surface area contributed by atoms with Gasteiger partial charge in [-0.1, -0.05) is 6.92 Å². The van der Waals surface area contributed by atoms with Gasteiger partial charge in [0.05, 0.1) is 18.1 Å².